The molecule has 1 atom stereocenters. The Morgan fingerprint density at radius 1 is 1.03 bits per heavy atom. The highest BCUT2D eigenvalue weighted by molar-refractivity contribution is 5.58. The minimum atomic E-state index is -0.125. The van der Waals surface area contributed by atoms with E-state index in [0.29, 0.717) is 18.1 Å². The molecule has 0 N–H and O–H groups in total. The molecule has 2 aromatic heterocycles. The number of hydrogen-bond donors (Lipinski definition) is 0. The van der Waals surface area contributed by atoms with Gasteiger partial charge in [-0.25, -0.2) is 4.98 Å². The third kappa shape index (κ3) is 3.37. The third-order valence-corrected chi connectivity index (χ3v) is 6.47. The van der Waals surface area contributed by atoms with E-state index < -0.39 is 0 Å². The summed E-state index contributed by atoms with van der Waals surface area (Å²) in [7, 11) is 3.26. The Hall–Kier alpha value is -3.26. The molecule has 1 fully saturated rings. The quantitative estimate of drug-likeness (QED) is 0.627. The summed E-state index contributed by atoms with van der Waals surface area (Å²) in [4.78, 5) is 19.9. The Morgan fingerprint density at radius 3 is 2.61 bits per heavy atom. The lowest BCUT2D eigenvalue weighted by molar-refractivity contribution is 0.291. The molecule has 2 aliphatic rings. The van der Waals surface area contributed by atoms with Crippen LogP contribution in [0.5, 0.6) is 11.6 Å². The van der Waals surface area contributed by atoms with Crippen LogP contribution in [0.2, 0.25) is 0 Å². The van der Waals surface area contributed by atoms with Crippen molar-refractivity contribution in [2.45, 2.75) is 31.3 Å². The summed E-state index contributed by atoms with van der Waals surface area (Å²) in [5.41, 5.74) is 2.02. The Labute approximate surface area is 180 Å². The Morgan fingerprint density at radius 2 is 1.84 bits per heavy atom. The van der Waals surface area contributed by atoms with E-state index in [0.717, 1.165) is 55.2 Å². The number of methoxy groups -OCH3 is 2. The van der Waals surface area contributed by atoms with Gasteiger partial charge in [-0.2, -0.15) is 0 Å². The number of ether oxygens (including phenoxy) is 2. The molecular weight excluding hydrogens is 394 g/mol. The molecular formula is C23H25N5O3. The van der Waals surface area contributed by atoms with E-state index in [-0.39, 0.29) is 11.0 Å². The fourth-order valence-electron chi connectivity index (χ4n) is 4.83. The minimum absolute atomic E-state index is 0.0700. The summed E-state index contributed by atoms with van der Waals surface area (Å²) in [5, 5.41) is 8.93. The highest BCUT2D eigenvalue weighted by Crippen LogP contribution is 2.41. The topological polar surface area (TPSA) is 82.4 Å². The molecule has 5 rings (SSSR count). The molecule has 1 aromatic carbocycles. The largest absolute Gasteiger partial charge is 0.497 e. The van der Waals surface area contributed by atoms with Gasteiger partial charge in [-0.15, -0.1) is 10.2 Å². The van der Waals surface area contributed by atoms with Crippen LogP contribution in [0.4, 0.5) is 0 Å². The van der Waals surface area contributed by atoms with Gasteiger partial charge in [0.05, 0.1) is 14.2 Å². The summed E-state index contributed by atoms with van der Waals surface area (Å²) in [6.45, 7) is 3.23. The van der Waals surface area contributed by atoms with Crippen molar-refractivity contribution < 1.29 is 9.47 Å². The number of aromatic nitrogens is 4. The molecule has 31 heavy (non-hydrogen) atoms. The van der Waals surface area contributed by atoms with Crippen LogP contribution < -0.4 is 15.0 Å². The van der Waals surface area contributed by atoms with Crippen LogP contribution in [0.25, 0.3) is 11.3 Å². The number of likely N-dealkylation sites (tertiary alicyclic amines) is 1. The smallest absolute Gasteiger partial charge is 0.280 e. The molecule has 0 unspecified atom stereocenters. The lowest BCUT2D eigenvalue weighted by atomic mass is 9.85. The van der Waals surface area contributed by atoms with Crippen LogP contribution in [-0.2, 0) is 18.5 Å². The normalized spacial score (nSPS) is 20.2. The summed E-state index contributed by atoms with van der Waals surface area (Å²) in [6, 6.07) is 11.3. The predicted octanol–water partition coefficient (Wildman–Crippen LogP) is 2.26. The number of hydrogen-bond acceptors (Lipinski definition) is 7. The van der Waals surface area contributed by atoms with Crippen LogP contribution in [-0.4, -0.2) is 52.0 Å². The summed E-state index contributed by atoms with van der Waals surface area (Å²) < 4.78 is 12.4. The molecule has 0 amide bonds. The summed E-state index contributed by atoms with van der Waals surface area (Å²) in [6.07, 6.45) is 3.61. The first-order valence-corrected chi connectivity index (χ1v) is 10.5. The zero-order chi connectivity index (χ0) is 21.4. The van der Waals surface area contributed by atoms with E-state index in [9.17, 15) is 4.79 Å². The van der Waals surface area contributed by atoms with Crippen LogP contribution in [0.1, 0.15) is 24.2 Å². The average Bonchev–Trinajstić information content (AvgIpc) is 3.39. The molecule has 0 bridgehead atoms. The van der Waals surface area contributed by atoms with Gasteiger partial charge in [-0.05, 0) is 49.7 Å². The molecule has 160 valence electrons. The lowest BCUT2D eigenvalue weighted by Gasteiger charge is -2.23. The molecule has 0 aliphatic carbocycles. The van der Waals surface area contributed by atoms with Gasteiger partial charge in [0, 0.05) is 42.4 Å². The van der Waals surface area contributed by atoms with E-state index in [4.69, 9.17) is 9.47 Å². The van der Waals surface area contributed by atoms with Crippen molar-refractivity contribution in [1.82, 2.24) is 24.6 Å². The Bertz CT molecular complexity index is 1160. The molecule has 1 spiro atoms. The fourth-order valence-corrected chi connectivity index (χ4v) is 4.83. The van der Waals surface area contributed by atoms with Crippen molar-refractivity contribution in [2.75, 3.05) is 27.3 Å². The molecule has 0 radical (unpaired) electrons. The van der Waals surface area contributed by atoms with Crippen LogP contribution >= 0.6 is 0 Å². The third-order valence-electron chi connectivity index (χ3n) is 6.47. The van der Waals surface area contributed by atoms with E-state index in [1.807, 2.05) is 41.0 Å². The average molecular weight is 419 g/mol. The number of benzene rings is 1. The first kappa shape index (κ1) is 19.7. The number of fused-ring (bicyclic) bond motifs is 2. The van der Waals surface area contributed by atoms with E-state index in [2.05, 4.69) is 20.1 Å². The monoisotopic (exact) mass is 419 g/mol. The first-order valence-electron chi connectivity index (χ1n) is 10.5. The van der Waals surface area contributed by atoms with Gasteiger partial charge in [0.15, 0.2) is 5.69 Å². The molecule has 8 nitrogen and oxygen atoms in total. The maximum Gasteiger partial charge on any atom is 0.280 e. The highest BCUT2D eigenvalue weighted by Gasteiger charge is 2.47. The standard InChI is InChI=1S/C23H25N5O3/c1-30-18-7-5-16(6-8-18)19-21(29)28-13-10-23(22(28)26-25-19)9-12-27(15-23)14-17-4-3-11-24-20(17)31-2/h3-8,11H,9-10,12-15H2,1-2H3/t23-/m0/s1. The lowest BCUT2D eigenvalue weighted by Crippen LogP contribution is -2.33. The maximum atomic E-state index is 13.2. The zero-order valence-electron chi connectivity index (χ0n) is 17.7. The number of rotatable bonds is 5. The van der Waals surface area contributed by atoms with Crippen molar-refractivity contribution >= 4 is 0 Å². The van der Waals surface area contributed by atoms with Crippen LogP contribution in [0.3, 0.4) is 0 Å². The van der Waals surface area contributed by atoms with Crippen LogP contribution in [0, 0.1) is 0 Å². The van der Waals surface area contributed by atoms with Crippen molar-refractivity contribution in [2.24, 2.45) is 0 Å². The van der Waals surface area contributed by atoms with Gasteiger partial charge >= 0.3 is 0 Å². The van der Waals surface area contributed by atoms with Crippen molar-refractivity contribution in [3.63, 3.8) is 0 Å². The second-order valence-corrected chi connectivity index (χ2v) is 8.22. The van der Waals surface area contributed by atoms with Gasteiger partial charge in [0.25, 0.3) is 5.56 Å². The van der Waals surface area contributed by atoms with Crippen molar-refractivity contribution in [3.8, 4) is 22.9 Å². The zero-order valence-corrected chi connectivity index (χ0v) is 17.7. The number of nitrogens with zero attached hydrogens (tertiary/aromatic N) is 5. The summed E-state index contributed by atoms with van der Waals surface area (Å²) in [5.74, 6) is 2.22. The SMILES string of the molecule is COc1ccc(-c2nnc3n(c2=O)CC[C@]32CCN(Cc3cccnc3OC)C2)cc1. The molecule has 1 saturated heterocycles. The van der Waals surface area contributed by atoms with Crippen molar-refractivity contribution in [3.05, 3.63) is 64.3 Å². The molecule has 8 heteroatoms. The first-order chi connectivity index (χ1) is 15.1. The van der Waals surface area contributed by atoms with Gasteiger partial charge < -0.3 is 9.47 Å². The molecule has 0 saturated carbocycles. The minimum Gasteiger partial charge on any atom is -0.497 e. The second kappa shape index (κ2) is 7.77. The Kier molecular flexibility index (Phi) is 4.94. The highest BCUT2D eigenvalue weighted by atomic mass is 16.5. The molecule has 4 heterocycles. The molecule has 3 aromatic rings. The summed E-state index contributed by atoms with van der Waals surface area (Å²) >= 11 is 0. The van der Waals surface area contributed by atoms with Gasteiger partial charge in [0.1, 0.15) is 11.6 Å². The second-order valence-electron chi connectivity index (χ2n) is 8.22. The molecule has 2 aliphatic heterocycles. The van der Waals surface area contributed by atoms with E-state index in [1.165, 1.54) is 0 Å². The maximum absolute atomic E-state index is 13.2. The fraction of sp³-hybridized carbons (Fsp3) is 0.391. The van der Waals surface area contributed by atoms with Crippen LogP contribution in [0.15, 0.2) is 47.4 Å². The Balaban J connectivity index is 1.40. The van der Waals surface area contributed by atoms with E-state index >= 15 is 0 Å². The van der Waals surface area contributed by atoms with Gasteiger partial charge in [-0.1, -0.05) is 6.07 Å². The van der Waals surface area contributed by atoms with Gasteiger partial charge in [-0.3, -0.25) is 14.3 Å². The number of pyridine rings is 1. The predicted molar refractivity (Wildman–Crippen MR) is 115 cm³/mol. The van der Waals surface area contributed by atoms with Crippen molar-refractivity contribution in [1.29, 1.82) is 0 Å². The van der Waals surface area contributed by atoms with Gasteiger partial charge in [0.2, 0.25) is 5.88 Å². The van der Waals surface area contributed by atoms with E-state index in [1.54, 1.807) is 20.4 Å².